The maximum Gasteiger partial charge on any atom is 0.159 e. The van der Waals surface area contributed by atoms with Gasteiger partial charge in [0.1, 0.15) is 17.8 Å². The highest BCUT2D eigenvalue weighted by Crippen LogP contribution is 2.27. The third kappa shape index (κ3) is 4.98. The number of aromatic nitrogens is 2. The van der Waals surface area contributed by atoms with E-state index in [4.69, 9.17) is 15.2 Å². The van der Waals surface area contributed by atoms with Gasteiger partial charge in [0.15, 0.2) is 11.6 Å². The van der Waals surface area contributed by atoms with Crippen molar-refractivity contribution in [3.8, 4) is 5.75 Å². The first-order valence-electron chi connectivity index (χ1n) is 9.22. The summed E-state index contributed by atoms with van der Waals surface area (Å²) in [5.74, 6) is 2.06. The smallest absolute Gasteiger partial charge is 0.159 e. The fraction of sp³-hybridized carbons (Fsp3) is 0.474. The number of hydrogen-bond donors (Lipinski definition) is 3. The lowest BCUT2D eigenvalue weighted by molar-refractivity contribution is 0.120. The number of nitrogens with two attached hydrogens (primary N) is 1. The Hall–Kier alpha value is -2.54. The summed E-state index contributed by atoms with van der Waals surface area (Å²) in [6.45, 7) is 4.41. The molecule has 1 aliphatic rings. The van der Waals surface area contributed by atoms with Crippen LogP contribution in [0.3, 0.4) is 0 Å². The molecule has 7 heteroatoms. The molecule has 7 nitrogen and oxygen atoms in total. The molecule has 4 N–H and O–H groups in total. The first kappa shape index (κ1) is 18.3. The monoisotopic (exact) mass is 357 g/mol. The molecule has 0 amide bonds. The molecule has 1 aliphatic heterocycles. The molecule has 2 aromatic rings. The molecule has 0 radical (unpaired) electrons. The number of ether oxygens (including phenoxy) is 2. The number of benzene rings is 1. The molecule has 1 fully saturated rings. The lowest BCUT2D eigenvalue weighted by Crippen LogP contribution is -2.20. The van der Waals surface area contributed by atoms with Crippen LogP contribution >= 0.6 is 0 Å². The topological polar surface area (TPSA) is 94.3 Å². The fourth-order valence-corrected chi connectivity index (χ4v) is 2.76. The van der Waals surface area contributed by atoms with Crippen LogP contribution in [0, 0.1) is 0 Å². The van der Waals surface area contributed by atoms with E-state index in [9.17, 15) is 0 Å². The molecule has 3 rings (SSSR count). The van der Waals surface area contributed by atoms with Crippen molar-refractivity contribution in [3.05, 3.63) is 30.6 Å². The number of rotatable bonds is 9. The third-order valence-electron chi connectivity index (χ3n) is 4.29. The van der Waals surface area contributed by atoms with E-state index in [1.807, 2.05) is 24.3 Å². The summed E-state index contributed by atoms with van der Waals surface area (Å²) in [6, 6.07) is 7.77. The molecule has 1 saturated heterocycles. The van der Waals surface area contributed by atoms with Gasteiger partial charge in [0.25, 0.3) is 0 Å². The van der Waals surface area contributed by atoms with Crippen LogP contribution in [-0.4, -0.2) is 35.8 Å². The van der Waals surface area contributed by atoms with Gasteiger partial charge in [-0.1, -0.05) is 13.3 Å². The maximum absolute atomic E-state index is 6.21. The van der Waals surface area contributed by atoms with Crippen LogP contribution in [0.4, 0.5) is 23.0 Å². The number of unbranched alkanes of at least 4 members (excludes halogenated alkanes) is 1. The van der Waals surface area contributed by atoms with Gasteiger partial charge >= 0.3 is 0 Å². The Morgan fingerprint density at radius 1 is 1.23 bits per heavy atom. The largest absolute Gasteiger partial charge is 0.494 e. The number of anilines is 4. The highest BCUT2D eigenvalue weighted by molar-refractivity contribution is 5.77. The molecule has 1 aromatic heterocycles. The summed E-state index contributed by atoms with van der Waals surface area (Å²) in [6.07, 6.45) is 6.07. The van der Waals surface area contributed by atoms with Crippen LogP contribution in [0.15, 0.2) is 30.6 Å². The second kappa shape index (κ2) is 9.24. The van der Waals surface area contributed by atoms with Gasteiger partial charge in [0.05, 0.1) is 12.7 Å². The molecule has 0 aliphatic carbocycles. The van der Waals surface area contributed by atoms with Crippen LogP contribution in [0.25, 0.3) is 0 Å². The van der Waals surface area contributed by atoms with Gasteiger partial charge in [-0.2, -0.15) is 0 Å². The lowest BCUT2D eigenvalue weighted by Gasteiger charge is -2.15. The van der Waals surface area contributed by atoms with Crippen molar-refractivity contribution in [1.29, 1.82) is 0 Å². The highest BCUT2D eigenvalue weighted by Gasteiger charge is 2.16. The zero-order valence-corrected chi connectivity index (χ0v) is 15.2. The van der Waals surface area contributed by atoms with Crippen LogP contribution < -0.4 is 21.1 Å². The van der Waals surface area contributed by atoms with Gasteiger partial charge in [-0.3, -0.25) is 0 Å². The normalized spacial score (nSPS) is 16.4. The van der Waals surface area contributed by atoms with Gasteiger partial charge in [0, 0.05) is 18.8 Å². The van der Waals surface area contributed by atoms with Crippen molar-refractivity contribution >= 4 is 23.0 Å². The van der Waals surface area contributed by atoms with Crippen molar-refractivity contribution in [2.24, 2.45) is 0 Å². The van der Waals surface area contributed by atoms with Gasteiger partial charge in [-0.15, -0.1) is 0 Å². The zero-order chi connectivity index (χ0) is 18.2. The summed E-state index contributed by atoms with van der Waals surface area (Å²) >= 11 is 0. The standard InChI is InChI=1S/C19H27N5O2/c1-2-3-10-25-15-8-6-14(7-9-15)24-19-17(20)18(22-13-23-19)21-12-16-5-4-11-26-16/h6-9,13,16H,2-5,10-12,20H2,1H3,(H2,21,22,23,24). The van der Waals surface area contributed by atoms with Crippen molar-refractivity contribution in [2.45, 2.75) is 38.7 Å². The van der Waals surface area contributed by atoms with Gasteiger partial charge in [-0.25, -0.2) is 9.97 Å². The molecular weight excluding hydrogens is 330 g/mol. The number of nitrogen functional groups attached to an aromatic ring is 1. The van der Waals surface area contributed by atoms with E-state index in [0.29, 0.717) is 23.9 Å². The van der Waals surface area contributed by atoms with E-state index in [2.05, 4.69) is 27.5 Å². The van der Waals surface area contributed by atoms with E-state index in [1.165, 1.54) is 6.33 Å². The fourth-order valence-electron chi connectivity index (χ4n) is 2.76. The molecular formula is C19H27N5O2. The van der Waals surface area contributed by atoms with Crippen LogP contribution in [0.5, 0.6) is 5.75 Å². The van der Waals surface area contributed by atoms with E-state index >= 15 is 0 Å². The van der Waals surface area contributed by atoms with E-state index in [1.54, 1.807) is 0 Å². The molecule has 0 bridgehead atoms. The lowest BCUT2D eigenvalue weighted by atomic mass is 10.2. The maximum atomic E-state index is 6.21. The molecule has 1 unspecified atom stereocenters. The number of nitrogens with zero attached hydrogens (tertiary/aromatic N) is 2. The Morgan fingerprint density at radius 2 is 2.04 bits per heavy atom. The Balaban J connectivity index is 1.59. The highest BCUT2D eigenvalue weighted by atomic mass is 16.5. The second-order valence-electron chi connectivity index (χ2n) is 6.35. The average molecular weight is 357 g/mol. The molecule has 26 heavy (non-hydrogen) atoms. The Bertz CT molecular complexity index is 687. The van der Waals surface area contributed by atoms with Gasteiger partial charge in [-0.05, 0) is 43.5 Å². The Labute approximate surface area is 154 Å². The predicted octanol–water partition coefficient (Wildman–Crippen LogP) is 3.57. The number of nitrogens with one attached hydrogen (secondary N) is 2. The summed E-state index contributed by atoms with van der Waals surface area (Å²) in [4.78, 5) is 8.48. The third-order valence-corrected chi connectivity index (χ3v) is 4.29. The quantitative estimate of drug-likeness (QED) is 0.591. The second-order valence-corrected chi connectivity index (χ2v) is 6.35. The van der Waals surface area contributed by atoms with Gasteiger partial charge < -0.3 is 25.8 Å². The first-order chi connectivity index (χ1) is 12.8. The predicted molar refractivity (Wildman–Crippen MR) is 104 cm³/mol. The molecule has 140 valence electrons. The van der Waals surface area contributed by atoms with E-state index in [-0.39, 0.29) is 6.10 Å². The molecule has 2 heterocycles. The average Bonchev–Trinajstić information content (AvgIpc) is 3.18. The minimum atomic E-state index is 0.223. The SMILES string of the molecule is CCCCOc1ccc(Nc2ncnc(NCC3CCCO3)c2N)cc1. The summed E-state index contributed by atoms with van der Waals surface area (Å²) < 4.78 is 11.3. The minimum Gasteiger partial charge on any atom is -0.494 e. The minimum absolute atomic E-state index is 0.223. The number of hydrogen-bond acceptors (Lipinski definition) is 7. The Morgan fingerprint density at radius 3 is 2.77 bits per heavy atom. The van der Waals surface area contributed by atoms with Crippen molar-refractivity contribution in [3.63, 3.8) is 0 Å². The van der Waals surface area contributed by atoms with Crippen molar-refractivity contribution in [1.82, 2.24) is 9.97 Å². The molecule has 0 saturated carbocycles. The van der Waals surface area contributed by atoms with E-state index in [0.717, 1.165) is 50.3 Å². The van der Waals surface area contributed by atoms with Crippen LogP contribution in [0.2, 0.25) is 0 Å². The van der Waals surface area contributed by atoms with Crippen molar-refractivity contribution in [2.75, 3.05) is 36.1 Å². The summed E-state index contributed by atoms with van der Waals surface area (Å²) in [7, 11) is 0. The van der Waals surface area contributed by atoms with Crippen LogP contribution in [-0.2, 0) is 4.74 Å². The van der Waals surface area contributed by atoms with Crippen molar-refractivity contribution < 1.29 is 9.47 Å². The zero-order valence-electron chi connectivity index (χ0n) is 15.2. The summed E-state index contributed by atoms with van der Waals surface area (Å²) in [5, 5.41) is 6.49. The Kier molecular flexibility index (Phi) is 6.49. The van der Waals surface area contributed by atoms with E-state index < -0.39 is 0 Å². The first-order valence-corrected chi connectivity index (χ1v) is 9.22. The molecule has 1 aromatic carbocycles. The van der Waals surface area contributed by atoms with Gasteiger partial charge in [0.2, 0.25) is 0 Å². The van der Waals surface area contributed by atoms with Crippen LogP contribution in [0.1, 0.15) is 32.6 Å². The molecule has 1 atom stereocenters. The summed E-state index contributed by atoms with van der Waals surface area (Å²) in [5.41, 5.74) is 7.60. The molecule has 0 spiro atoms.